The van der Waals surface area contributed by atoms with E-state index in [0.29, 0.717) is 16.9 Å². The quantitative estimate of drug-likeness (QED) is 0.178. The maximum atomic E-state index is 13.3. The summed E-state index contributed by atoms with van der Waals surface area (Å²) in [6, 6.07) is 9.74. The second kappa shape index (κ2) is 12.1. The highest BCUT2D eigenvalue weighted by molar-refractivity contribution is 5.88. The Morgan fingerprint density at radius 1 is 0.952 bits per heavy atom. The van der Waals surface area contributed by atoms with Crippen molar-refractivity contribution in [3.63, 3.8) is 0 Å². The second-order valence-corrected chi connectivity index (χ2v) is 10.0. The molecule has 3 aromatic rings. The van der Waals surface area contributed by atoms with Crippen molar-refractivity contribution in [1.29, 1.82) is 0 Å². The van der Waals surface area contributed by atoms with E-state index in [-0.39, 0.29) is 27.9 Å². The van der Waals surface area contributed by atoms with Crippen LogP contribution in [0.15, 0.2) is 51.9 Å². The fourth-order valence-electron chi connectivity index (χ4n) is 4.81. The van der Waals surface area contributed by atoms with Crippen molar-refractivity contribution in [2.45, 2.75) is 48.7 Å². The molecule has 2 aliphatic heterocycles. The van der Waals surface area contributed by atoms with Gasteiger partial charge in [-0.15, -0.1) is 0 Å². The third-order valence-electron chi connectivity index (χ3n) is 7.38. The lowest BCUT2D eigenvalue weighted by molar-refractivity contribution is -0.289. The maximum Gasteiger partial charge on any atom is 0.229 e. The molecule has 0 bridgehead atoms. The van der Waals surface area contributed by atoms with E-state index in [4.69, 9.17) is 32.8 Å². The number of hydrogen-bond acceptors (Lipinski definition) is 14. The Kier molecular flexibility index (Phi) is 8.71. The molecule has 0 spiro atoms. The van der Waals surface area contributed by atoms with E-state index in [2.05, 4.69) is 0 Å². The molecule has 42 heavy (non-hydrogen) atoms. The number of fused-ring (bicyclic) bond motifs is 1. The van der Waals surface area contributed by atoms with Crippen LogP contribution in [-0.2, 0) is 14.2 Å². The first-order chi connectivity index (χ1) is 20.1. The number of rotatable bonds is 9. The molecule has 2 aliphatic rings. The number of ether oxygens (including phenoxy) is 6. The Hall–Kier alpha value is -3.31. The molecule has 6 N–H and O–H groups in total. The van der Waals surface area contributed by atoms with Crippen LogP contribution in [0.4, 0.5) is 0 Å². The molecule has 0 aliphatic carbocycles. The molecule has 14 heteroatoms. The number of methoxy groups -OCH3 is 2. The average Bonchev–Trinajstić information content (AvgIpc) is 3.30. The van der Waals surface area contributed by atoms with Gasteiger partial charge >= 0.3 is 0 Å². The minimum Gasteiger partial charge on any atom is -0.497 e. The molecule has 1 aromatic heterocycles. The summed E-state index contributed by atoms with van der Waals surface area (Å²) in [6.45, 7) is -1.62. The van der Waals surface area contributed by atoms with Crippen molar-refractivity contribution >= 4 is 11.0 Å². The lowest BCUT2D eigenvalue weighted by Gasteiger charge is -2.40. The molecule has 2 saturated heterocycles. The van der Waals surface area contributed by atoms with Gasteiger partial charge < -0.3 is 63.5 Å². The summed E-state index contributed by atoms with van der Waals surface area (Å²) in [5, 5.41) is 61.3. The smallest absolute Gasteiger partial charge is 0.229 e. The molecule has 5 rings (SSSR count). The average molecular weight is 593 g/mol. The standard InChI is InChI=1S/C28H32O14/c1-36-14-5-3-13(4-6-14)16-9-38-23-15(19(16)30)7-8-17(24(23)37-2)41-26-22(33)21(32)20(31)18(42-26)10-39-27-25(34)28(35,11-29)12-40-27/h3-9,18,20-22,25-27,29,31-35H,10-12H2,1-2H3/t18-,20-,21+,22-,25+,26-,27-,28-/m1/s1. The minimum absolute atomic E-state index is 0.000198. The van der Waals surface area contributed by atoms with Gasteiger partial charge in [0.1, 0.15) is 48.1 Å². The fourth-order valence-corrected chi connectivity index (χ4v) is 4.81. The number of benzene rings is 2. The van der Waals surface area contributed by atoms with Crippen LogP contribution in [0.1, 0.15) is 0 Å². The van der Waals surface area contributed by atoms with Gasteiger partial charge in [0.2, 0.25) is 17.5 Å². The molecule has 14 nitrogen and oxygen atoms in total. The molecule has 0 amide bonds. The zero-order valence-electron chi connectivity index (χ0n) is 22.7. The third kappa shape index (κ3) is 5.44. The second-order valence-electron chi connectivity index (χ2n) is 10.0. The monoisotopic (exact) mass is 592 g/mol. The first-order valence-electron chi connectivity index (χ1n) is 13.0. The van der Waals surface area contributed by atoms with Crippen molar-refractivity contribution < 1.29 is 63.5 Å². The molecule has 228 valence electrons. The molecule has 2 fully saturated rings. The van der Waals surface area contributed by atoms with E-state index in [0.717, 1.165) is 0 Å². The van der Waals surface area contributed by atoms with Crippen molar-refractivity contribution in [2.75, 3.05) is 34.0 Å². The van der Waals surface area contributed by atoms with Crippen LogP contribution in [0.5, 0.6) is 17.2 Å². The summed E-state index contributed by atoms with van der Waals surface area (Å²) in [7, 11) is 2.86. The van der Waals surface area contributed by atoms with Gasteiger partial charge in [0.05, 0.1) is 45.0 Å². The minimum atomic E-state index is -1.92. The van der Waals surface area contributed by atoms with Gasteiger partial charge in [-0.05, 0) is 29.8 Å². The predicted molar refractivity (Wildman–Crippen MR) is 142 cm³/mol. The van der Waals surface area contributed by atoms with Crippen LogP contribution in [0.25, 0.3) is 22.1 Å². The number of hydrogen-bond donors (Lipinski definition) is 6. The Labute approximate surface area is 238 Å². The molecule has 8 atom stereocenters. The lowest BCUT2D eigenvalue weighted by Crippen LogP contribution is -2.60. The first kappa shape index (κ1) is 30.2. The van der Waals surface area contributed by atoms with E-state index < -0.39 is 68.5 Å². The van der Waals surface area contributed by atoms with E-state index >= 15 is 0 Å². The predicted octanol–water partition coefficient (Wildman–Crippen LogP) is -0.879. The SMILES string of the molecule is COc1ccc(-c2coc3c(OC)c(O[C@@H]4O[C@H](CO[C@@H]5OC[C@](O)(CO)[C@H]5O)[C@@H](O)[C@H](O)[C@H]4O)ccc3c2=O)cc1. The van der Waals surface area contributed by atoms with Gasteiger partial charge in [-0.1, -0.05) is 12.1 Å². The molecule has 0 saturated carbocycles. The summed E-state index contributed by atoms with van der Waals surface area (Å²) < 4.78 is 38.5. The molecular weight excluding hydrogens is 560 g/mol. The summed E-state index contributed by atoms with van der Waals surface area (Å²) >= 11 is 0. The number of aliphatic hydroxyl groups is 6. The van der Waals surface area contributed by atoms with Crippen LogP contribution < -0.4 is 19.6 Å². The highest BCUT2D eigenvalue weighted by atomic mass is 16.7. The van der Waals surface area contributed by atoms with Crippen molar-refractivity contribution in [2.24, 2.45) is 0 Å². The van der Waals surface area contributed by atoms with Gasteiger partial charge in [0.15, 0.2) is 17.6 Å². The van der Waals surface area contributed by atoms with E-state index in [9.17, 15) is 35.4 Å². The zero-order chi connectivity index (χ0) is 30.2. The van der Waals surface area contributed by atoms with Crippen molar-refractivity contribution in [3.8, 4) is 28.4 Å². The van der Waals surface area contributed by atoms with Gasteiger partial charge in [-0.3, -0.25) is 4.79 Å². The van der Waals surface area contributed by atoms with Crippen LogP contribution >= 0.6 is 0 Å². The fraction of sp³-hybridized carbons (Fsp3) is 0.464. The Morgan fingerprint density at radius 3 is 2.33 bits per heavy atom. The van der Waals surface area contributed by atoms with Crippen molar-refractivity contribution in [1.82, 2.24) is 0 Å². The van der Waals surface area contributed by atoms with E-state index in [1.54, 1.807) is 24.3 Å². The van der Waals surface area contributed by atoms with E-state index in [1.807, 2.05) is 0 Å². The van der Waals surface area contributed by atoms with Crippen LogP contribution in [0.3, 0.4) is 0 Å². The summed E-state index contributed by atoms with van der Waals surface area (Å²) in [5.74, 6) is 0.644. The van der Waals surface area contributed by atoms with Crippen LogP contribution in [-0.4, -0.2) is 113 Å². The Balaban J connectivity index is 1.36. The van der Waals surface area contributed by atoms with Gasteiger partial charge in [-0.25, -0.2) is 0 Å². The largest absolute Gasteiger partial charge is 0.497 e. The zero-order valence-corrected chi connectivity index (χ0v) is 22.7. The Morgan fingerprint density at radius 2 is 1.69 bits per heavy atom. The molecular formula is C28H32O14. The van der Waals surface area contributed by atoms with Crippen LogP contribution in [0.2, 0.25) is 0 Å². The van der Waals surface area contributed by atoms with E-state index in [1.165, 1.54) is 32.6 Å². The highest BCUT2D eigenvalue weighted by Crippen LogP contribution is 2.38. The normalized spacial score (nSPS) is 31.3. The third-order valence-corrected chi connectivity index (χ3v) is 7.38. The topological polar surface area (TPSA) is 207 Å². The van der Waals surface area contributed by atoms with Crippen LogP contribution in [0, 0.1) is 0 Å². The number of aliphatic hydroxyl groups excluding tert-OH is 5. The summed E-state index contributed by atoms with van der Waals surface area (Å²) in [5.41, 5.74) is -1.27. The molecule has 3 heterocycles. The molecule has 2 aromatic carbocycles. The van der Waals surface area contributed by atoms with Gasteiger partial charge in [-0.2, -0.15) is 0 Å². The van der Waals surface area contributed by atoms with Crippen molar-refractivity contribution in [3.05, 3.63) is 52.9 Å². The lowest BCUT2D eigenvalue weighted by atomic mass is 9.99. The van der Waals surface area contributed by atoms with Gasteiger partial charge in [0, 0.05) is 0 Å². The Bertz CT molecular complexity index is 1440. The maximum absolute atomic E-state index is 13.3. The summed E-state index contributed by atoms with van der Waals surface area (Å²) in [6.07, 6.45) is -9.54. The van der Waals surface area contributed by atoms with Gasteiger partial charge in [0.25, 0.3) is 0 Å². The highest BCUT2D eigenvalue weighted by Gasteiger charge is 2.50. The first-order valence-corrected chi connectivity index (χ1v) is 13.0. The molecule has 0 radical (unpaired) electrons. The summed E-state index contributed by atoms with van der Waals surface area (Å²) in [4.78, 5) is 13.3. The molecule has 0 unspecified atom stereocenters.